The van der Waals surface area contributed by atoms with Gasteiger partial charge in [0.05, 0.1) is 23.1 Å². The summed E-state index contributed by atoms with van der Waals surface area (Å²) in [6.45, 7) is 3.11. The van der Waals surface area contributed by atoms with Crippen LogP contribution in [0, 0.1) is 18.3 Å². The fraction of sp³-hybridized carbons (Fsp3) is 0.400. The highest BCUT2D eigenvalue weighted by Gasteiger charge is 2.29. The molecule has 0 spiro atoms. The average molecular weight is 481 g/mol. The van der Waals surface area contributed by atoms with Crippen LogP contribution in [0.4, 0.5) is 10.5 Å². The fourth-order valence-corrected chi connectivity index (χ4v) is 6.24. The molecule has 178 valence electrons. The molecule has 2 aromatic rings. The van der Waals surface area contributed by atoms with Crippen LogP contribution in [0.3, 0.4) is 0 Å². The van der Waals surface area contributed by atoms with Gasteiger partial charge < -0.3 is 15.5 Å². The lowest BCUT2D eigenvalue weighted by atomic mass is 9.89. The van der Waals surface area contributed by atoms with Crippen LogP contribution in [0.5, 0.6) is 0 Å². The lowest BCUT2D eigenvalue weighted by molar-refractivity contribution is 0.0713. The second-order valence-corrected chi connectivity index (χ2v) is 11.3. The van der Waals surface area contributed by atoms with Gasteiger partial charge >= 0.3 is 6.03 Å². The Bertz CT molecular complexity index is 1230. The SMILES string of the molecule is Cc1ccc(C(=O)N2CCC(c3ccc(C#N)cc3)CC2)cc1NC(=O)NC1CCS(=O)(=O)C1. The van der Waals surface area contributed by atoms with Gasteiger partial charge in [-0.25, -0.2) is 13.2 Å². The number of nitrogens with one attached hydrogen (secondary N) is 2. The maximum atomic E-state index is 13.1. The van der Waals surface area contributed by atoms with Gasteiger partial charge in [0.15, 0.2) is 9.84 Å². The Morgan fingerprint density at radius 1 is 1.06 bits per heavy atom. The van der Waals surface area contributed by atoms with Gasteiger partial charge in [-0.15, -0.1) is 0 Å². The van der Waals surface area contributed by atoms with Crippen LogP contribution >= 0.6 is 0 Å². The molecule has 8 nitrogen and oxygen atoms in total. The molecule has 0 aromatic heterocycles. The normalized spacial score (nSPS) is 19.9. The minimum absolute atomic E-state index is 0.0453. The van der Waals surface area contributed by atoms with E-state index in [4.69, 9.17) is 5.26 Å². The van der Waals surface area contributed by atoms with Crippen LogP contribution in [0.2, 0.25) is 0 Å². The first-order chi connectivity index (χ1) is 16.2. The summed E-state index contributed by atoms with van der Waals surface area (Å²) in [5.41, 5.74) is 3.67. The number of benzene rings is 2. The van der Waals surface area contributed by atoms with Crippen molar-refractivity contribution >= 4 is 27.5 Å². The van der Waals surface area contributed by atoms with E-state index >= 15 is 0 Å². The quantitative estimate of drug-likeness (QED) is 0.696. The molecule has 3 amide bonds. The van der Waals surface area contributed by atoms with Crippen molar-refractivity contribution in [2.75, 3.05) is 29.9 Å². The average Bonchev–Trinajstić information content (AvgIpc) is 3.18. The van der Waals surface area contributed by atoms with Gasteiger partial charge in [0.2, 0.25) is 0 Å². The zero-order valence-corrected chi connectivity index (χ0v) is 19.9. The first kappa shape index (κ1) is 23.8. The van der Waals surface area contributed by atoms with E-state index < -0.39 is 21.9 Å². The molecular weight excluding hydrogens is 452 g/mol. The summed E-state index contributed by atoms with van der Waals surface area (Å²) in [5.74, 6) is 0.317. The summed E-state index contributed by atoms with van der Waals surface area (Å²) in [6.07, 6.45) is 2.11. The van der Waals surface area contributed by atoms with Crippen molar-refractivity contribution in [2.24, 2.45) is 0 Å². The van der Waals surface area contributed by atoms with E-state index in [0.717, 1.165) is 18.4 Å². The van der Waals surface area contributed by atoms with Gasteiger partial charge in [-0.2, -0.15) is 5.26 Å². The maximum Gasteiger partial charge on any atom is 0.319 e. The number of carbonyl (C=O) groups excluding carboxylic acids is 2. The van der Waals surface area contributed by atoms with Crippen LogP contribution in [-0.2, 0) is 9.84 Å². The molecule has 2 fully saturated rings. The number of urea groups is 1. The number of carbonyl (C=O) groups is 2. The molecule has 2 aliphatic heterocycles. The molecule has 2 aromatic carbocycles. The molecule has 2 saturated heterocycles. The number of nitriles is 1. The number of aryl methyl sites for hydroxylation is 1. The first-order valence-corrected chi connectivity index (χ1v) is 13.2. The van der Waals surface area contributed by atoms with Crippen molar-refractivity contribution in [1.82, 2.24) is 10.2 Å². The predicted octanol–water partition coefficient (Wildman–Crippen LogP) is 3.20. The number of rotatable bonds is 4. The fourth-order valence-electron chi connectivity index (χ4n) is 4.57. The number of nitrogens with zero attached hydrogens (tertiary/aromatic N) is 2. The number of hydrogen-bond acceptors (Lipinski definition) is 5. The molecule has 2 N–H and O–H groups in total. The second kappa shape index (κ2) is 9.85. The Morgan fingerprint density at radius 2 is 1.76 bits per heavy atom. The van der Waals surface area contributed by atoms with Crippen LogP contribution in [0.15, 0.2) is 42.5 Å². The molecule has 34 heavy (non-hydrogen) atoms. The topological polar surface area (TPSA) is 119 Å². The van der Waals surface area contributed by atoms with Crippen molar-refractivity contribution in [3.63, 3.8) is 0 Å². The van der Waals surface area contributed by atoms with Crippen molar-refractivity contribution in [2.45, 2.75) is 38.1 Å². The summed E-state index contributed by atoms with van der Waals surface area (Å²) in [6, 6.07) is 14.1. The third-order valence-electron chi connectivity index (χ3n) is 6.59. The third kappa shape index (κ3) is 5.57. The standard InChI is InChI=1S/C25H28N4O4S/c1-17-2-5-21(14-23(17)28-25(31)27-22-10-13-34(32,33)16-22)24(30)29-11-8-20(9-12-29)19-6-3-18(15-26)4-7-19/h2-7,14,20,22H,8-13,16H2,1H3,(H2,27,28,31). The Hall–Kier alpha value is -3.38. The highest BCUT2D eigenvalue weighted by atomic mass is 32.2. The smallest absolute Gasteiger partial charge is 0.319 e. The zero-order valence-electron chi connectivity index (χ0n) is 19.1. The molecule has 9 heteroatoms. The molecule has 2 aliphatic rings. The van der Waals surface area contributed by atoms with Gasteiger partial charge in [-0.05, 0) is 67.5 Å². The lowest BCUT2D eigenvalue weighted by Crippen LogP contribution is -2.39. The first-order valence-electron chi connectivity index (χ1n) is 11.4. The summed E-state index contributed by atoms with van der Waals surface area (Å²) < 4.78 is 23.2. The number of hydrogen-bond donors (Lipinski definition) is 2. The summed E-state index contributed by atoms with van der Waals surface area (Å²) in [4.78, 5) is 27.3. The number of piperidine rings is 1. The van der Waals surface area contributed by atoms with E-state index in [2.05, 4.69) is 16.7 Å². The van der Waals surface area contributed by atoms with Crippen molar-refractivity contribution in [3.05, 3.63) is 64.7 Å². The minimum Gasteiger partial charge on any atom is -0.339 e. The molecule has 0 radical (unpaired) electrons. The van der Waals surface area contributed by atoms with Crippen LogP contribution < -0.4 is 10.6 Å². The Kier molecular flexibility index (Phi) is 6.89. The van der Waals surface area contributed by atoms with Gasteiger partial charge in [0.25, 0.3) is 5.91 Å². The predicted molar refractivity (Wildman–Crippen MR) is 129 cm³/mol. The van der Waals surface area contributed by atoms with Gasteiger partial charge in [-0.3, -0.25) is 4.79 Å². The lowest BCUT2D eigenvalue weighted by Gasteiger charge is -2.32. The van der Waals surface area contributed by atoms with Crippen molar-refractivity contribution in [3.8, 4) is 6.07 Å². The number of likely N-dealkylation sites (tertiary alicyclic amines) is 1. The number of anilines is 1. The van der Waals surface area contributed by atoms with Gasteiger partial charge in [0, 0.05) is 30.4 Å². The van der Waals surface area contributed by atoms with E-state index in [9.17, 15) is 18.0 Å². The molecule has 1 unspecified atom stereocenters. The molecule has 0 aliphatic carbocycles. The van der Waals surface area contributed by atoms with Crippen LogP contribution in [0.25, 0.3) is 0 Å². The number of amides is 3. The molecule has 0 saturated carbocycles. The monoisotopic (exact) mass is 480 g/mol. The molecule has 1 atom stereocenters. The zero-order chi connectivity index (χ0) is 24.3. The van der Waals surface area contributed by atoms with Gasteiger partial charge in [0.1, 0.15) is 0 Å². The molecule has 0 bridgehead atoms. The molecular formula is C25H28N4O4S. The minimum atomic E-state index is -3.08. The summed E-state index contributed by atoms with van der Waals surface area (Å²) >= 11 is 0. The highest BCUT2D eigenvalue weighted by Crippen LogP contribution is 2.29. The summed E-state index contributed by atoms with van der Waals surface area (Å²) in [5, 5.41) is 14.4. The Morgan fingerprint density at radius 3 is 2.38 bits per heavy atom. The van der Waals surface area contributed by atoms with E-state index in [1.807, 2.05) is 36.1 Å². The van der Waals surface area contributed by atoms with E-state index in [1.165, 1.54) is 5.56 Å². The Balaban J connectivity index is 1.36. The molecule has 2 heterocycles. The third-order valence-corrected chi connectivity index (χ3v) is 8.36. The summed E-state index contributed by atoms with van der Waals surface area (Å²) in [7, 11) is -3.08. The number of sulfone groups is 1. The van der Waals surface area contributed by atoms with Crippen molar-refractivity contribution < 1.29 is 18.0 Å². The van der Waals surface area contributed by atoms with Crippen LogP contribution in [0.1, 0.15) is 52.2 Å². The van der Waals surface area contributed by atoms with Crippen LogP contribution in [-0.4, -0.2) is 55.9 Å². The maximum absolute atomic E-state index is 13.1. The van der Waals surface area contributed by atoms with E-state index in [-0.39, 0.29) is 17.4 Å². The second-order valence-electron chi connectivity index (χ2n) is 9.03. The Labute approximate surface area is 199 Å². The van der Waals surface area contributed by atoms with Gasteiger partial charge in [-0.1, -0.05) is 18.2 Å². The highest BCUT2D eigenvalue weighted by molar-refractivity contribution is 7.91. The van der Waals surface area contributed by atoms with Crippen molar-refractivity contribution in [1.29, 1.82) is 5.26 Å². The van der Waals surface area contributed by atoms with E-state index in [1.54, 1.807) is 18.2 Å². The van der Waals surface area contributed by atoms with E-state index in [0.29, 0.717) is 42.2 Å². The largest absolute Gasteiger partial charge is 0.339 e. The molecule has 4 rings (SSSR count).